The molecule has 0 radical (unpaired) electrons. The monoisotopic (exact) mass is 279 g/mol. The van der Waals surface area contributed by atoms with E-state index in [0.29, 0.717) is 34.5 Å². The van der Waals surface area contributed by atoms with Crippen molar-refractivity contribution in [2.45, 2.75) is 20.4 Å². The molecule has 6 nitrogen and oxygen atoms in total. The molecule has 0 saturated heterocycles. The summed E-state index contributed by atoms with van der Waals surface area (Å²) in [6.07, 6.45) is 1.48. The fraction of sp³-hybridized carbons (Fsp3) is 0.250. The van der Waals surface area contributed by atoms with Crippen LogP contribution >= 0.6 is 11.6 Å². The molecular weight excluding hydrogens is 266 g/mol. The fourth-order valence-corrected chi connectivity index (χ4v) is 1.82. The maximum atomic E-state index is 12.2. The van der Waals surface area contributed by atoms with E-state index in [1.165, 1.54) is 6.20 Å². The number of pyridine rings is 1. The third-order valence-corrected chi connectivity index (χ3v) is 2.90. The van der Waals surface area contributed by atoms with Gasteiger partial charge in [0.25, 0.3) is 5.91 Å². The Hall–Kier alpha value is -2.08. The third kappa shape index (κ3) is 2.68. The number of nitrogens with zero attached hydrogens (tertiary/aromatic N) is 3. The zero-order chi connectivity index (χ0) is 14.0. The molecule has 0 atom stereocenters. The lowest BCUT2D eigenvalue weighted by atomic mass is 10.3. The summed E-state index contributed by atoms with van der Waals surface area (Å²) in [6.45, 7) is 4.23. The zero-order valence-electron chi connectivity index (χ0n) is 10.6. The molecule has 0 aliphatic carbocycles. The Morgan fingerprint density at radius 2 is 2.26 bits per heavy atom. The van der Waals surface area contributed by atoms with Crippen LogP contribution in [0.2, 0.25) is 5.15 Å². The summed E-state index contributed by atoms with van der Waals surface area (Å²) in [5.41, 5.74) is 7.81. The topological polar surface area (TPSA) is 85.8 Å². The summed E-state index contributed by atoms with van der Waals surface area (Å²) in [5.74, 6) is -0.316. The number of carbonyl (C=O) groups is 1. The van der Waals surface area contributed by atoms with E-state index in [2.05, 4.69) is 15.4 Å². The second kappa shape index (κ2) is 5.27. The van der Waals surface area contributed by atoms with Crippen molar-refractivity contribution in [2.24, 2.45) is 0 Å². The number of nitrogen functional groups attached to an aromatic ring is 1. The summed E-state index contributed by atoms with van der Waals surface area (Å²) in [4.78, 5) is 16.1. The van der Waals surface area contributed by atoms with Gasteiger partial charge in [-0.05, 0) is 26.0 Å². The first-order chi connectivity index (χ1) is 9.02. The number of nitrogens with one attached hydrogen (secondary N) is 1. The van der Waals surface area contributed by atoms with Gasteiger partial charge in [-0.3, -0.25) is 9.48 Å². The van der Waals surface area contributed by atoms with Crippen LogP contribution in [0.5, 0.6) is 0 Å². The van der Waals surface area contributed by atoms with E-state index in [1.54, 1.807) is 23.7 Å². The number of nitrogens with two attached hydrogens (primary N) is 1. The number of hydrogen-bond donors (Lipinski definition) is 2. The molecule has 1 amide bonds. The molecule has 100 valence electrons. The molecule has 0 saturated carbocycles. The minimum atomic E-state index is -0.316. The molecule has 0 aromatic carbocycles. The Balaban J connectivity index is 2.27. The van der Waals surface area contributed by atoms with Crippen LogP contribution in [0.4, 0.5) is 11.4 Å². The van der Waals surface area contributed by atoms with Crippen molar-refractivity contribution >= 4 is 28.9 Å². The number of amides is 1. The van der Waals surface area contributed by atoms with Crippen molar-refractivity contribution in [1.29, 1.82) is 0 Å². The predicted molar refractivity (Wildman–Crippen MR) is 74.3 cm³/mol. The summed E-state index contributed by atoms with van der Waals surface area (Å²) in [6, 6.07) is 3.27. The lowest BCUT2D eigenvalue weighted by Gasteiger charge is -2.07. The van der Waals surface area contributed by atoms with Gasteiger partial charge < -0.3 is 11.1 Å². The van der Waals surface area contributed by atoms with Crippen LogP contribution in [0.1, 0.15) is 23.1 Å². The lowest BCUT2D eigenvalue weighted by molar-refractivity contribution is 0.101. The van der Waals surface area contributed by atoms with Gasteiger partial charge in [-0.25, -0.2) is 4.98 Å². The number of halogens is 1. The van der Waals surface area contributed by atoms with Crippen LogP contribution in [0.3, 0.4) is 0 Å². The number of hydrogen-bond acceptors (Lipinski definition) is 4. The van der Waals surface area contributed by atoms with E-state index in [0.717, 1.165) is 0 Å². The van der Waals surface area contributed by atoms with Crippen molar-refractivity contribution in [3.8, 4) is 0 Å². The van der Waals surface area contributed by atoms with E-state index in [4.69, 9.17) is 17.3 Å². The zero-order valence-corrected chi connectivity index (χ0v) is 11.4. The van der Waals surface area contributed by atoms with Crippen LogP contribution in [0.15, 0.2) is 18.3 Å². The molecule has 0 unspecified atom stereocenters. The van der Waals surface area contributed by atoms with Crippen molar-refractivity contribution in [1.82, 2.24) is 14.8 Å². The van der Waals surface area contributed by atoms with Gasteiger partial charge in [0.2, 0.25) is 0 Å². The minimum Gasteiger partial charge on any atom is -0.395 e. The first-order valence-corrected chi connectivity index (χ1v) is 6.16. The molecule has 19 heavy (non-hydrogen) atoms. The van der Waals surface area contributed by atoms with Crippen LogP contribution in [-0.2, 0) is 6.54 Å². The lowest BCUT2D eigenvalue weighted by Crippen LogP contribution is -2.18. The highest BCUT2D eigenvalue weighted by Crippen LogP contribution is 2.18. The molecule has 2 aromatic rings. The van der Waals surface area contributed by atoms with Crippen LogP contribution in [0.25, 0.3) is 0 Å². The number of aromatic nitrogens is 3. The van der Waals surface area contributed by atoms with Gasteiger partial charge in [-0.15, -0.1) is 0 Å². The second-order valence-electron chi connectivity index (χ2n) is 3.99. The highest BCUT2D eigenvalue weighted by molar-refractivity contribution is 6.29. The van der Waals surface area contributed by atoms with Gasteiger partial charge in [0.1, 0.15) is 10.8 Å². The average molecular weight is 280 g/mol. The Labute approximate surface area is 115 Å². The molecule has 2 aromatic heterocycles. The SMILES string of the molecule is CCn1nc(C)c(N)c1C(=O)Nc1ccc(Cl)nc1. The van der Waals surface area contributed by atoms with Crippen molar-refractivity contribution in [3.05, 3.63) is 34.9 Å². The summed E-state index contributed by atoms with van der Waals surface area (Å²) in [5, 5.41) is 7.28. The molecular formula is C12H14ClN5O. The highest BCUT2D eigenvalue weighted by Gasteiger charge is 2.19. The molecule has 0 spiro atoms. The fourth-order valence-electron chi connectivity index (χ4n) is 1.70. The second-order valence-corrected chi connectivity index (χ2v) is 4.37. The van der Waals surface area contributed by atoms with Crippen LogP contribution < -0.4 is 11.1 Å². The van der Waals surface area contributed by atoms with Crippen molar-refractivity contribution in [2.75, 3.05) is 11.1 Å². The van der Waals surface area contributed by atoms with E-state index < -0.39 is 0 Å². The third-order valence-electron chi connectivity index (χ3n) is 2.67. The van der Waals surface area contributed by atoms with E-state index in [9.17, 15) is 4.79 Å². The molecule has 7 heteroatoms. The molecule has 0 aliphatic rings. The maximum absolute atomic E-state index is 12.2. The Morgan fingerprint density at radius 1 is 1.53 bits per heavy atom. The van der Waals surface area contributed by atoms with Crippen LogP contribution in [-0.4, -0.2) is 20.7 Å². The first-order valence-electron chi connectivity index (χ1n) is 5.78. The van der Waals surface area contributed by atoms with Gasteiger partial charge in [0.05, 0.1) is 23.3 Å². The largest absolute Gasteiger partial charge is 0.395 e. The predicted octanol–water partition coefficient (Wildman–Crippen LogP) is 2.09. The Bertz CT molecular complexity index is 605. The minimum absolute atomic E-state index is 0.316. The van der Waals surface area contributed by atoms with Crippen molar-refractivity contribution < 1.29 is 4.79 Å². The van der Waals surface area contributed by atoms with Gasteiger partial charge in [-0.2, -0.15) is 5.10 Å². The first kappa shape index (κ1) is 13.4. The van der Waals surface area contributed by atoms with Gasteiger partial charge in [-0.1, -0.05) is 11.6 Å². The Morgan fingerprint density at radius 3 is 2.84 bits per heavy atom. The highest BCUT2D eigenvalue weighted by atomic mass is 35.5. The smallest absolute Gasteiger partial charge is 0.276 e. The maximum Gasteiger partial charge on any atom is 0.276 e. The van der Waals surface area contributed by atoms with E-state index in [1.807, 2.05) is 6.92 Å². The number of aryl methyl sites for hydroxylation is 2. The van der Waals surface area contributed by atoms with E-state index in [-0.39, 0.29) is 5.91 Å². The Kier molecular flexibility index (Phi) is 3.71. The molecule has 0 fully saturated rings. The standard InChI is InChI=1S/C12H14ClN5O/c1-3-18-11(10(14)7(2)17-18)12(19)16-8-4-5-9(13)15-6-8/h4-6H,3,14H2,1-2H3,(H,16,19). The summed E-state index contributed by atoms with van der Waals surface area (Å²) < 4.78 is 1.57. The van der Waals surface area contributed by atoms with Gasteiger partial charge in [0.15, 0.2) is 0 Å². The van der Waals surface area contributed by atoms with Gasteiger partial charge in [0, 0.05) is 6.54 Å². The van der Waals surface area contributed by atoms with Crippen LogP contribution in [0, 0.1) is 6.92 Å². The quantitative estimate of drug-likeness (QED) is 0.843. The summed E-state index contributed by atoms with van der Waals surface area (Å²) >= 11 is 5.68. The number of anilines is 2. The summed E-state index contributed by atoms with van der Waals surface area (Å²) in [7, 11) is 0. The average Bonchev–Trinajstić information content (AvgIpc) is 2.68. The molecule has 2 rings (SSSR count). The van der Waals surface area contributed by atoms with Crippen molar-refractivity contribution in [3.63, 3.8) is 0 Å². The molecule has 3 N–H and O–H groups in total. The normalized spacial score (nSPS) is 10.5. The molecule has 2 heterocycles. The molecule has 0 aliphatic heterocycles. The van der Waals surface area contributed by atoms with E-state index >= 15 is 0 Å². The van der Waals surface area contributed by atoms with Gasteiger partial charge >= 0.3 is 0 Å². The molecule has 0 bridgehead atoms. The number of rotatable bonds is 3. The number of carbonyl (C=O) groups excluding carboxylic acids is 1.